The van der Waals surface area contributed by atoms with Crippen LogP contribution in [0.2, 0.25) is 0 Å². The maximum absolute atomic E-state index is 11.9. The molecule has 1 atom stereocenters. The fourth-order valence-corrected chi connectivity index (χ4v) is 2.39. The first-order valence-corrected chi connectivity index (χ1v) is 6.11. The lowest BCUT2D eigenvalue weighted by Crippen LogP contribution is -2.18. The highest BCUT2D eigenvalue weighted by Gasteiger charge is 2.23. The second kappa shape index (κ2) is 5.11. The fourth-order valence-electron chi connectivity index (χ4n) is 2.39. The predicted molar refractivity (Wildman–Crippen MR) is 67.1 cm³/mol. The van der Waals surface area contributed by atoms with Gasteiger partial charge in [0.2, 0.25) is 0 Å². The van der Waals surface area contributed by atoms with Crippen molar-refractivity contribution in [2.75, 3.05) is 0 Å². The Morgan fingerprint density at radius 2 is 2.06 bits per heavy atom. The van der Waals surface area contributed by atoms with Gasteiger partial charge in [0.25, 0.3) is 0 Å². The van der Waals surface area contributed by atoms with Crippen molar-refractivity contribution in [3.8, 4) is 0 Å². The van der Waals surface area contributed by atoms with E-state index < -0.39 is 0 Å². The van der Waals surface area contributed by atoms with Gasteiger partial charge in [-0.25, -0.2) is 0 Å². The zero-order chi connectivity index (χ0) is 11.4. The minimum absolute atomic E-state index is 0.349. The summed E-state index contributed by atoms with van der Waals surface area (Å²) in [5, 5.41) is 0. The maximum Gasteiger partial charge on any atom is 0.159 e. The van der Waals surface area contributed by atoms with E-state index in [0.717, 1.165) is 30.4 Å². The second-order valence-electron chi connectivity index (χ2n) is 4.43. The third kappa shape index (κ3) is 2.41. The van der Waals surface area contributed by atoms with Crippen molar-refractivity contribution in [2.24, 2.45) is 5.92 Å². The fraction of sp³-hybridized carbons (Fsp3) is 0.400. The van der Waals surface area contributed by atoms with E-state index in [1.807, 2.05) is 18.2 Å². The number of carbonyl (C=O) groups excluding carboxylic acids is 1. The first-order valence-electron chi connectivity index (χ1n) is 6.11. The molecule has 16 heavy (non-hydrogen) atoms. The number of Topliss-reactive ketones (excluding diaryl/α,β-unsaturated/α-hetero) is 1. The molecule has 0 heterocycles. The molecule has 1 fully saturated rings. The van der Waals surface area contributed by atoms with E-state index in [0.29, 0.717) is 11.7 Å². The van der Waals surface area contributed by atoms with Gasteiger partial charge in [-0.05, 0) is 42.4 Å². The number of ketones is 1. The number of hydrogen-bond donors (Lipinski definition) is 0. The summed E-state index contributed by atoms with van der Waals surface area (Å²) in [6, 6.07) is 10.1. The highest BCUT2D eigenvalue weighted by atomic mass is 16.1. The Labute approximate surface area is 97.2 Å². The standard InChI is InChI=1S/C15H18O/c1-2-13-9-6-10-15(16)14(13)11-12-7-4-3-5-8-12/h3-5,7-8,11,13H,2,6,9-10H2,1H3. The topological polar surface area (TPSA) is 17.1 Å². The summed E-state index contributed by atoms with van der Waals surface area (Å²) in [5.74, 6) is 0.823. The van der Waals surface area contributed by atoms with Crippen molar-refractivity contribution in [3.63, 3.8) is 0 Å². The van der Waals surface area contributed by atoms with E-state index in [4.69, 9.17) is 0 Å². The zero-order valence-electron chi connectivity index (χ0n) is 9.78. The van der Waals surface area contributed by atoms with Crippen LogP contribution in [-0.2, 0) is 4.79 Å². The third-order valence-corrected chi connectivity index (χ3v) is 3.33. The minimum atomic E-state index is 0.349. The van der Waals surface area contributed by atoms with Gasteiger partial charge in [-0.3, -0.25) is 4.79 Å². The smallest absolute Gasteiger partial charge is 0.159 e. The van der Waals surface area contributed by atoms with Gasteiger partial charge in [0.1, 0.15) is 0 Å². The Bertz CT molecular complexity index is 389. The van der Waals surface area contributed by atoms with Gasteiger partial charge < -0.3 is 0 Å². The summed E-state index contributed by atoms with van der Waals surface area (Å²) in [5.41, 5.74) is 2.19. The lowest BCUT2D eigenvalue weighted by atomic mass is 9.81. The molecular weight excluding hydrogens is 196 g/mol. The van der Waals surface area contributed by atoms with Crippen LogP contribution in [0.1, 0.15) is 38.2 Å². The molecule has 0 bridgehead atoms. The van der Waals surface area contributed by atoms with E-state index in [1.165, 1.54) is 6.42 Å². The minimum Gasteiger partial charge on any atom is -0.295 e. The summed E-state index contributed by atoms with van der Waals surface area (Å²) >= 11 is 0. The van der Waals surface area contributed by atoms with Crippen LogP contribution in [0.3, 0.4) is 0 Å². The Morgan fingerprint density at radius 1 is 1.31 bits per heavy atom. The van der Waals surface area contributed by atoms with Crippen molar-refractivity contribution >= 4 is 11.9 Å². The van der Waals surface area contributed by atoms with Crippen LogP contribution in [0.4, 0.5) is 0 Å². The zero-order valence-corrected chi connectivity index (χ0v) is 9.78. The molecule has 1 aliphatic rings. The van der Waals surface area contributed by atoms with Crippen LogP contribution in [0.5, 0.6) is 0 Å². The van der Waals surface area contributed by atoms with Gasteiger partial charge in [0.05, 0.1) is 0 Å². The quantitative estimate of drug-likeness (QED) is 0.683. The SMILES string of the molecule is CCC1CCCC(=O)C1=Cc1ccccc1. The van der Waals surface area contributed by atoms with Crippen molar-refractivity contribution in [2.45, 2.75) is 32.6 Å². The van der Waals surface area contributed by atoms with Gasteiger partial charge >= 0.3 is 0 Å². The van der Waals surface area contributed by atoms with Crippen molar-refractivity contribution in [3.05, 3.63) is 41.5 Å². The highest BCUT2D eigenvalue weighted by molar-refractivity contribution is 6.00. The van der Waals surface area contributed by atoms with Gasteiger partial charge in [0, 0.05) is 6.42 Å². The largest absolute Gasteiger partial charge is 0.295 e. The molecule has 2 rings (SSSR count). The van der Waals surface area contributed by atoms with E-state index in [2.05, 4.69) is 25.1 Å². The Hall–Kier alpha value is -1.37. The van der Waals surface area contributed by atoms with Gasteiger partial charge in [-0.15, -0.1) is 0 Å². The predicted octanol–water partition coefficient (Wildman–Crippen LogP) is 3.85. The molecule has 0 N–H and O–H groups in total. The summed E-state index contributed by atoms with van der Waals surface area (Å²) < 4.78 is 0. The average Bonchev–Trinajstić information content (AvgIpc) is 2.33. The van der Waals surface area contributed by atoms with Crippen LogP contribution in [0.25, 0.3) is 6.08 Å². The maximum atomic E-state index is 11.9. The molecule has 1 nitrogen and oxygen atoms in total. The molecule has 1 saturated carbocycles. The third-order valence-electron chi connectivity index (χ3n) is 3.33. The first-order chi connectivity index (χ1) is 7.81. The summed E-state index contributed by atoms with van der Waals surface area (Å²) in [7, 11) is 0. The first kappa shape index (κ1) is 11.1. The van der Waals surface area contributed by atoms with E-state index in [9.17, 15) is 4.79 Å². The van der Waals surface area contributed by atoms with Crippen LogP contribution in [-0.4, -0.2) is 5.78 Å². The Morgan fingerprint density at radius 3 is 2.75 bits per heavy atom. The van der Waals surface area contributed by atoms with E-state index >= 15 is 0 Å². The molecule has 1 aromatic carbocycles. The normalized spacial score (nSPS) is 23.7. The molecule has 0 aliphatic heterocycles. The average molecular weight is 214 g/mol. The van der Waals surface area contributed by atoms with Gasteiger partial charge in [0.15, 0.2) is 5.78 Å². The molecular formula is C15H18O. The number of hydrogen-bond acceptors (Lipinski definition) is 1. The van der Waals surface area contributed by atoms with Crippen LogP contribution < -0.4 is 0 Å². The molecule has 84 valence electrons. The number of allylic oxidation sites excluding steroid dienone is 1. The number of benzene rings is 1. The molecule has 1 aliphatic carbocycles. The molecule has 1 heteroatoms. The summed E-state index contributed by atoms with van der Waals surface area (Å²) in [4.78, 5) is 11.9. The molecule has 0 spiro atoms. The summed E-state index contributed by atoms with van der Waals surface area (Å²) in [6.07, 6.45) is 6.11. The molecule has 1 unspecified atom stereocenters. The lowest BCUT2D eigenvalue weighted by Gasteiger charge is -2.23. The van der Waals surface area contributed by atoms with Crippen molar-refractivity contribution < 1.29 is 4.79 Å². The number of rotatable bonds is 2. The highest BCUT2D eigenvalue weighted by Crippen LogP contribution is 2.30. The second-order valence-corrected chi connectivity index (χ2v) is 4.43. The van der Waals surface area contributed by atoms with Gasteiger partial charge in [-0.1, -0.05) is 37.3 Å². The molecule has 0 amide bonds. The van der Waals surface area contributed by atoms with Crippen LogP contribution >= 0.6 is 0 Å². The van der Waals surface area contributed by atoms with Crippen molar-refractivity contribution in [1.29, 1.82) is 0 Å². The van der Waals surface area contributed by atoms with Gasteiger partial charge in [-0.2, -0.15) is 0 Å². The molecule has 0 radical (unpaired) electrons. The molecule has 1 aromatic rings. The molecule has 0 saturated heterocycles. The Kier molecular flexibility index (Phi) is 3.55. The Balaban J connectivity index is 2.28. The van der Waals surface area contributed by atoms with E-state index in [-0.39, 0.29) is 0 Å². The van der Waals surface area contributed by atoms with Crippen LogP contribution in [0.15, 0.2) is 35.9 Å². The lowest BCUT2D eigenvalue weighted by molar-refractivity contribution is -0.117. The van der Waals surface area contributed by atoms with E-state index in [1.54, 1.807) is 0 Å². The summed E-state index contributed by atoms with van der Waals surface area (Å²) in [6.45, 7) is 2.17. The molecule has 0 aromatic heterocycles. The van der Waals surface area contributed by atoms with Crippen molar-refractivity contribution in [1.82, 2.24) is 0 Å². The van der Waals surface area contributed by atoms with Crippen LogP contribution in [0, 0.1) is 5.92 Å². The monoisotopic (exact) mass is 214 g/mol. The number of carbonyl (C=O) groups is 1.